The van der Waals surface area contributed by atoms with E-state index in [2.05, 4.69) is 0 Å². The van der Waals surface area contributed by atoms with E-state index in [1.807, 2.05) is 27.7 Å². The van der Waals surface area contributed by atoms with Crippen molar-refractivity contribution in [3.63, 3.8) is 0 Å². The van der Waals surface area contributed by atoms with E-state index in [4.69, 9.17) is 14.2 Å². The van der Waals surface area contributed by atoms with Gasteiger partial charge >= 0.3 is 17.9 Å². The molecule has 0 aromatic rings. The molecule has 9 atom stereocenters. The number of carbonyl (C=O) groups excluding carboxylic acids is 6. The smallest absolute Gasteiger partial charge is 0.329 e. The molecular formula is C33H57N3O9. The normalized spacial score (nSPS) is 28.9. The molecule has 1 aliphatic rings. The summed E-state index contributed by atoms with van der Waals surface area (Å²) in [6, 6.07) is -3.22. The molecule has 0 aromatic heterocycles. The lowest BCUT2D eigenvalue weighted by atomic mass is 9.96. The van der Waals surface area contributed by atoms with Crippen molar-refractivity contribution in [2.75, 3.05) is 21.1 Å². The lowest BCUT2D eigenvalue weighted by Gasteiger charge is -2.37. The van der Waals surface area contributed by atoms with Crippen LogP contribution >= 0.6 is 0 Å². The summed E-state index contributed by atoms with van der Waals surface area (Å²) in [7, 11) is 4.33. The highest BCUT2D eigenvalue weighted by atomic mass is 16.6. The lowest BCUT2D eigenvalue weighted by molar-refractivity contribution is -0.178. The van der Waals surface area contributed by atoms with Crippen molar-refractivity contribution in [3.05, 3.63) is 0 Å². The fraction of sp³-hybridized carbons (Fsp3) is 0.818. The second kappa shape index (κ2) is 18.1. The van der Waals surface area contributed by atoms with Crippen molar-refractivity contribution < 1.29 is 43.0 Å². The van der Waals surface area contributed by atoms with Gasteiger partial charge in [-0.2, -0.15) is 0 Å². The minimum atomic E-state index is -1.29. The summed E-state index contributed by atoms with van der Waals surface area (Å²) < 4.78 is 17.1. The number of amides is 3. The van der Waals surface area contributed by atoms with Gasteiger partial charge in [0, 0.05) is 21.1 Å². The Balaban J connectivity index is 3.82. The number of cyclic esters (lactones) is 3. The standard InChI is InChI=1S/C33H57N3O9/c1-13-17-18-24-30(39)36(12)26(20(6)15-3)32(41)44-22(8)28(37)34(10)25(19(5)14-2)31(40)43-23(9)29(38)35(11)27(21(7)16-4)33(42)45-24/h19-27H,13-18H2,1-12H3/t19?,20?,21?,22-,23-,24-,25+,26+,27+/m1/s1. The van der Waals surface area contributed by atoms with Crippen molar-refractivity contribution >= 4 is 35.6 Å². The van der Waals surface area contributed by atoms with E-state index in [0.717, 1.165) is 6.42 Å². The van der Waals surface area contributed by atoms with E-state index in [9.17, 15) is 28.8 Å². The van der Waals surface area contributed by atoms with Gasteiger partial charge in [0.05, 0.1) is 0 Å². The number of carbonyl (C=O) groups is 6. The Bertz CT molecular complexity index is 1040. The van der Waals surface area contributed by atoms with Crippen molar-refractivity contribution in [2.24, 2.45) is 17.8 Å². The summed E-state index contributed by atoms with van der Waals surface area (Å²) in [6.07, 6.45) is -0.737. The molecule has 0 aromatic carbocycles. The Morgan fingerprint density at radius 3 is 1.18 bits per heavy atom. The molecule has 0 bridgehead atoms. The topological polar surface area (TPSA) is 140 Å². The third-order valence-corrected chi connectivity index (χ3v) is 9.20. The summed E-state index contributed by atoms with van der Waals surface area (Å²) in [5.41, 5.74) is 0. The van der Waals surface area contributed by atoms with E-state index in [-0.39, 0.29) is 24.2 Å². The van der Waals surface area contributed by atoms with Gasteiger partial charge < -0.3 is 28.9 Å². The number of esters is 3. The second-order valence-electron chi connectivity index (χ2n) is 12.6. The molecule has 0 spiro atoms. The lowest BCUT2D eigenvalue weighted by Crippen LogP contribution is -2.56. The summed E-state index contributed by atoms with van der Waals surface area (Å²) in [6.45, 7) is 15.7. The van der Waals surface area contributed by atoms with Gasteiger partial charge in [-0.05, 0) is 44.4 Å². The number of rotatable bonds is 9. The molecular weight excluding hydrogens is 582 g/mol. The number of likely N-dealkylation sites (N-methyl/N-ethyl adjacent to an activating group) is 3. The first-order chi connectivity index (χ1) is 21.0. The predicted molar refractivity (Wildman–Crippen MR) is 169 cm³/mol. The van der Waals surface area contributed by atoms with E-state index in [0.29, 0.717) is 25.7 Å². The number of hydrogen-bond donors (Lipinski definition) is 0. The first kappa shape index (κ1) is 39.8. The van der Waals surface area contributed by atoms with Crippen LogP contribution in [-0.4, -0.2) is 108 Å². The highest BCUT2D eigenvalue weighted by molar-refractivity contribution is 5.93. The first-order valence-corrected chi connectivity index (χ1v) is 16.4. The quantitative estimate of drug-likeness (QED) is 0.274. The van der Waals surface area contributed by atoms with E-state index < -0.39 is 72.1 Å². The van der Waals surface area contributed by atoms with Crippen molar-refractivity contribution in [1.29, 1.82) is 0 Å². The zero-order valence-corrected chi connectivity index (χ0v) is 29.5. The zero-order valence-electron chi connectivity index (χ0n) is 29.5. The number of ether oxygens (including phenoxy) is 3. The van der Waals surface area contributed by atoms with Gasteiger partial charge in [-0.25, -0.2) is 14.4 Å². The van der Waals surface area contributed by atoms with Gasteiger partial charge in [0.1, 0.15) is 18.1 Å². The molecule has 0 radical (unpaired) electrons. The molecule has 0 aliphatic carbocycles. The molecule has 12 nitrogen and oxygen atoms in total. The molecule has 1 rings (SSSR count). The van der Waals surface area contributed by atoms with Crippen molar-refractivity contribution in [2.45, 2.75) is 137 Å². The molecule has 45 heavy (non-hydrogen) atoms. The number of nitrogens with zero attached hydrogens (tertiary/aromatic N) is 3. The van der Waals surface area contributed by atoms with Crippen LogP contribution in [-0.2, 0) is 43.0 Å². The molecule has 1 aliphatic heterocycles. The van der Waals surface area contributed by atoms with Gasteiger partial charge in [-0.3, -0.25) is 14.4 Å². The Labute approximate surface area is 269 Å². The fourth-order valence-corrected chi connectivity index (χ4v) is 5.62. The van der Waals surface area contributed by atoms with Gasteiger partial charge in [-0.1, -0.05) is 74.1 Å². The van der Waals surface area contributed by atoms with Crippen LogP contribution in [0.5, 0.6) is 0 Å². The average molecular weight is 640 g/mol. The van der Waals surface area contributed by atoms with Crippen LogP contribution in [0.3, 0.4) is 0 Å². The molecule has 1 heterocycles. The molecule has 258 valence electrons. The highest BCUT2D eigenvalue weighted by Crippen LogP contribution is 2.24. The van der Waals surface area contributed by atoms with Crippen LogP contribution in [0.1, 0.15) is 101 Å². The van der Waals surface area contributed by atoms with Crippen LogP contribution < -0.4 is 0 Å². The summed E-state index contributed by atoms with van der Waals surface area (Å²) in [5, 5.41) is 0. The Hall–Kier alpha value is -3.18. The molecule has 1 fully saturated rings. The van der Waals surface area contributed by atoms with Gasteiger partial charge in [0.15, 0.2) is 18.3 Å². The van der Waals surface area contributed by atoms with Crippen LogP contribution in [0.15, 0.2) is 0 Å². The number of unbranched alkanes of at least 4 members (excludes halogenated alkanes) is 1. The minimum absolute atomic E-state index is 0.212. The maximum atomic E-state index is 13.9. The Morgan fingerprint density at radius 2 is 0.867 bits per heavy atom. The highest BCUT2D eigenvalue weighted by Gasteiger charge is 2.43. The SMILES string of the molecule is CCCC[C@H]1OC(=O)[C@H](C(C)CC)N(C)C(=O)[C@@H](C)OC(=O)[C@H](C(C)CC)N(C)C(=O)[C@@H](C)OC(=O)[C@H](C(C)CC)N(C)C1=O. The van der Waals surface area contributed by atoms with E-state index in [1.54, 1.807) is 20.8 Å². The van der Waals surface area contributed by atoms with Crippen LogP contribution in [0.2, 0.25) is 0 Å². The molecule has 12 heteroatoms. The molecule has 1 saturated heterocycles. The van der Waals surface area contributed by atoms with Crippen LogP contribution in [0.4, 0.5) is 0 Å². The fourth-order valence-electron chi connectivity index (χ4n) is 5.62. The van der Waals surface area contributed by atoms with Gasteiger partial charge in [-0.15, -0.1) is 0 Å². The van der Waals surface area contributed by atoms with Crippen LogP contribution in [0, 0.1) is 17.8 Å². The van der Waals surface area contributed by atoms with Gasteiger partial charge in [0.25, 0.3) is 17.7 Å². The largest absolute Gasteiger partial charge is 0.451 e. The second-order valence-corrected chi connectivity index (χ2v) is 12.6. The molecule has 3 amide bonds. The third-order valence-electron chi connectivity index (χ3n) is 9.20. The summed E-state index contributed by atoms with van der Waals surface area (Å²) >= 11 is 0. The van der Waals surface area contributed by atoms with Gasteiger partial charge in [0.2, 0.25) is 0 Å². The predicted octanol–water partition coefficient (Wildman–Crippen LogP) is 3.58. The monoisotopic (exact) mass is 639 g/mol. The number of hydrogen-bond acceptors (Lipinski definition) is 9. The van der Waals surface area contributed by atoms with E-state index >= 15 is 0 Å². The van der Waals surface area contributed by atoms with Crippen molar-refractivity contribution in [1.82, 2.24) is 14.7 Å². The summed E-state index contributed by atoms with van der Waals surface area (Å²) in [5.74, 6) is -5.26. The van der Waals surface area contributed by atoms with Crippen molar-refractivity contribution in [3.8, 4) is 0 Å². The maximum Gasteiger partial charge on any atom is 0.329 e. The van der Waals surface area contributed by atoms with Crippen LogP contribution in [0.25, 0.3) is 0 Å². The minimum Gasteiger partial charge on any atom is -0.451 e. The first-order valence-electron chi connectivity index (χ1n) is 16.4. The average Bonchev–Trinajstić information content (AvgIpc) is 3.00. The zero-order chi connectivity index (χ0) is 34.8. The Kier molecular flexibility index (Phi) is 16.0. The maximum absolute atomic E-state index is 13.9. The molecule has 0 saturated carbocycles. The molecule has 0 N–H and O–H groups in total. The summed E-state index contributed by atoms with van der Waals surface area (Å²) in [4.78, 5) is 85.6. The molecule has 3 unspecified atom stereocenters. The Morgan fingerprint density at radius 1 is 0.556 bits per heavy atom. The van der Waals surface area contributed by atoms with E-state index in [1.165, 1.54) is 49.7 Å². The third kappa shape index (κ3) is 9.90.